The van der Waals surface area contributed by atoms with E-state index < -0.39 is 23.4 Å². The van der Waals surface area contributed by atoms with E-state index >= 15 is 0 Å². The number of amides is 1. The van der Waals surface area contributed by atoms with Crippen LogP contribution in [-0.4, -0.2) is 33.6 Å². The van der Waals surface area contributed by atoms with Crippen LogP contribution in [0.15, 0.2) is 48.9 Å². The van der Waals surface area contributed by atoms with Crippen LogP contribution in [-0.2, 0) is 21.4 Å². The third-order valence-electron chi connectivity index (χ3n) is 5.31. The number of ether oxygens (including phenoxy) is 2. The van der Waals surface area contributed by atoms with E-state index in [2.05, 4.69) is 25.6 Å². The molecule has 0 saturated carbocycles. The van der Waals surface area contributed by atoms with Crippen LogP contribution in [0, 0.1) is 0 Å². The number of alkyl halides is 3. The molecule has 2 N–H and O–H groups in total. The molecule has 1 aliphatic heterocycles. The van der Waals surface area contributed by atoms with E-state index in [1.54, 1.807) is 6.07 Å². The maximum absolute atomic E-state index is 13.0. The highest BCUT2D eigenvalue weighted by Crippen LogP contribution is 2.41. The number of hydrogen-bond donors (Lipinski definition) is 2. The summed E-state index contributed by atoms with van der Waals surface area (Å²) in [6.07, 6.45) is -0.621. The lowest BCUT2D eigenvalue weighted by Gasteiger charge is -2.29. The summed E-state index contributed by atoms with van der Waals surface area (Å²) < 4.78 is 50.2. The van der Waals surface area contributed by atoms with Gasteiger partial charge in [-0.25, -0.2) is 15.0 Å². The number of carbonyl (C=O) groups excluding carboxylic acids is 1. The third kappa shape index (κ3) is 5.53. The van der Waals surface area contributed by atoms with Gasteiger partial charge in [0.2, 0.25) is 0 Å². The minimum atomic E-state index is -4.49. The van der Waals surface area contributed by atoms with Gasteiger partial charge >= 0.3 is 6.18 Å². The number of aromatic nitrogens is 3. The number of rotatable bonds is 6. The van der Waals surface area contributed by atoms with Crippen molar-refractivity contribution in [3.63, 3.8) is 0 Å². The van der Waals surface area contributed by atoms with Crippen LogP contribution in [0.1, 0.15) is 41.8 Å². The second kappa shape index (κ2) is 9.76. The summed E-state index contributed by atoms with van der Waals surface area (Å²) in [5.41, 5.74) is 0.276. The highest BCUT2D eigenvalue weighted by Gasteiger charge is 2.42. The quantitative estimate of drug-likeness (QED) is 0.423. The Labute approximate surface area is 203 Å². The molecule has 184 valence electrons. The lowest BCUT2D eigenvalue weighted by Crippen LogP contribution is -2.29. The zero-order valence-corrected chi connectivity index (χ0v) is 19.4. The van der Waals surface area contributed by atoms with Crippen molar-refractivity contribution in [2.45, 2.75) is 38.3 Å². The van der Waals surface area contributed by atoms with Crippen molar-refractivity contribution in [3.8, 4) is 0 Å². The Kier molecular flexibility index (Phi) is 6.93. The van der Waals surface area contributed by atoms with Gasteiger partial charge in [0.25, 0.3) is 5.91 Å². The molecular weight excluding hydrogens is 487 g/mol. The SMILES string of the molecule is CC[C@@]1(c2cc(Cl)ncc2NC(=O)c2ccnc(Nc3ccc(C(F)(F)F)cn3)c2)OC[C@@H](C)O1. The van der Waals surface area contributed by atoms with Gasteiger partial charge in [0.1, 0.15) is 16.8 Å². The molecule has 0 aliphatic carbocycles. The molecule has 1 aliphatic rings. The molecule has 0 spiro atoms. The fraction of sp³-hybridized carbons (Fsp3) is 0.304. The summed E-state index contributed by atoms with van der Waals surface area (Å²) in [5.74, 6) is -1.19. The Morgan fingerprint density at radius 3 is 2.60 bits per heavy atom. The van der Waals surface area contributed by atoms with Crippen molar-refractivity contribution in [1.82, 2.24) is 15.0 Å². The summed E-state index contributed by atoms with van der Waals surface area (Å²) >= 11 is 6.12. The maximum atomic E-state index is 13.0. The van der Waals surface area contributed by atoms with Crippen LogP contribution in [0.5, 0.6) is 0 Å². The van der Waals surface area contributed by atoms with Crippen LogP contribution >= 0.6 is 11.6 Å². The Bertz CT molecular complexity index is 1230. The molecule has 4 heterocycles. The van der Waals surface area contributed by atoms with Crippen LogP contribution in [0.4, 0.5) is 30.5 Å². The molecule has 1 saturated heterocycles. The van der Waals surface area contributed by atoms with Gasteiger partial charge in [-0.05, 0) is 37.3 Å². The van der Waals surface area contributed by atoms with Gasteiger partial charge in [0.05, 0.1) is 30.2 Å². The van der Waals surface area contributed by atoms with Gasteiger partial charge < -0.3 is 20.1 Å². The molecule has 0 bridgehead atoms. The van der Waals surface area contributed by atoms with Crippen molar-refractivity contribution >= 4 is 34.8 Å². The van der Waals surface area contributed by atoms with Crippen LogP contribution < -0.4 is 10.6 Å². The second-order valence-corrected chi connectivity index (χ2v) is 8.22. The Hall–Kier alpha value is -3.28. The number of hydrogen-bond acceptors (Lipinski definition) is 7. The molecule has 0 radical (unpaired) electrons. The van der Waals surface area contributed by atoms with Crippen LogP contribution in [0.25, 0.3) is 0 Å². The minimum absolute atomic E-state index is 0.141. The lowest BCUT2D eigenvalue weighted by atomic mass is 10.0. The monoisotopic (exact) mass is 507 g/mol. The van der Waals surface area contributed by atoms with Crippen molar-refractivity contribution in [2.75, 3.05) is 17.2 Å². The normalized spacial score (nSPS) is 20.0. The molecule has 0 unspecified atom stereocenters. The Morgan fingerprint density at radius 2 is 1.97 bits per heavy atom. The average Bonchev–Trinajstić information content (AvgIpc) is 3.22. The Balaban J connectivity index is 1.54. The molecule has 3 aromatic rings. The van der Waals surface area contributed by atoms with Gasteiger partial charge in [-0.15, -0.1) is 0 Å². The number of nitrogens with zero attached hydrogens (tertiary/aromatic N) is 3. The van der Waals surface area contributed by atoms with Crippen molar-refractivity contribution in [2.24, 2.45) is 0 Å². The van der Waals surface area contributed by atoms with Crippen molar-refractivity contribution < 1.29 is 27.4 Å². The number of anilines is 3. The van der Waals surface area contributed by atoms with Crippen molar-refractivity contribution in [1.29, 1.82) is 0 Å². The van der Waals surface area contributed by atoms with E-state index in [4.69, 9.17) is 21.1 Å². The summed E-state index contributed by atoms with van der Waals surface area (Å²) in [7, 11) is 0. The standard InChI is InChI=1S/C23H21ClF3N5O3/c1-3-22(34-12-13(2)35-22)16-9-18(24)29-11-17(16)31-21(33)14-6-7-28-20(8-14)32-19-5-4-15(10-30-19)23(25,26)27/h4-11,13H,3,12H2,1-2H3,(H,31,33)(H,28,30,32)/t13-,22-/m1/s1. The minimum Gasteiger partial charge on any atom is -0.343 e. The zero-order valence-electron chi connectivity index (χ0n) is 18.7. The van der Waals surface area contributed by atoms with E-state index in [1.807, 2.05) is 13.8 Å². The average molecular weight is 508 g/mol. The highest BCUT2D eigenvalue weighted by atomic mass is 35.5. The molecule has 0 aromatic carbocycles. The number of carbonyl (C=O) groups is 1. The Morgan fingerprint density at radius 1 is 1.17 bits per heavy atom. The molecule has 2 atom stereocenters. The maximum Gasteiger partial charge on any atom is 0.417 e. The molecule has 1 amide bonds. The summed E-state index contributed by atoms with van der Waals surface area (Å²) in [4.78, 5) is 24.9. The highest BCUT2D eigenvalue weighted by molar-refractivity contribution is 6.29. The van der Waals surface area contributed by atoms with Crippen molar-refractivity contribution in [3.05, 3.63) is 70.8 Å². The molecule has 4 rings (SSSR count). The van der Waals surface area contributed by atoms with E-state index in [1.165, 1.54) is 30.6 Å². The van der Waals surface area contributed by atoms with Gasteiger partial charge in [-0.1, -0.05) is 18.5 Å². The summed E-state index contributed by atoms with van der Waals surface area (Å²) in [6.45, 7) is 4.17. The van der Waals surface area contributed by atoms with E-state index in [-0.39, 0.29) is 28.5 Å². The molecular formula is C23H21ClF3N5O3. The van der Waals surface area contributed by atoms with E-state index in [9.17, 15) is 18.0 Å². The second-order valence-electron chi connectivity index (χ2n) is 7.84. The van der Waals surface area contributed by atoms with Crippen LogP contribution in [0.2, 0.25) is 5.15 Å². The molecule has 8 nitrogen and oxygen atoms in total. The first kappa shape index (κ1) is 24.8. The summed E-state index contributed by atoms with van der Waals surface area (Å²) in [5, 5.41) is 5.81. The molecule has 35 heavy (non-hydrogen) atoms. The van der Waals surface area contributed by atoms with Gasteiger partial charge in [-0.2, -0.15) is 13.2 Å². The topological polar surface area (TPSA) is 98.3 Å². The first-order valence-corrected chi connectivity index (χ1v) is 11.0. The molecule has 3 aromatic heterocycles. The predicted octanol–water partition coefficient (Wildman–Crippen LogP) is 5.54. The number of pyridine rings is 3. The van der Waals surface area contributed by atoms with Gasteiger partial charge in [-0.3, -0.25) is 4.79 Å². The predicted molar refractivity (Wildman–Crippen MR) is 122 cm³/mol. The molecule has 12 heteroatoms. The fourth-order valence-electron chi connectivity index (χ4n) is 3.61. The lowest BCUT2D eigenvalue weighted by molar-refractivity contribution is -0.176. The zero-order chi connectivity index (χ0) is 25.2. The van der Waals surface area contributed by atoms with Crippen LogP contribution in [0.3, 0.4) is 0 Å². The number of nitrogens with one attached hydrogen (secondary N) is 2. The first-order valence-electron chi connectivity index (χ1n) is 10.6. The van der Waals surface area contributed by atoms with Gasteiger partial charge in [0.15, 0.2) is 5.79 Å². The van der Waals surface area contributed by atoms with Gasteiger partial charge in [0, 0.05) is 29.9 Å². The third-order valence-corrected chi connectivity index (χ3v) is 5.51. The largest absolute Gasteiger partial charge is 0.417 e. The summed E-state index contributed by atoms with van der Waals surface area (Å²) in [6, 6.07) is 6.60. The van der Waals surface area contributed by atoms with E-state index in [0.717, 1.165) is 6.07 Å². The van der Waals surface area contributed by atoms with E-state index in [0.29, 0.717) is 30.5 Å². The fourth-order valence-corrected chi connectivity index (χ4v) is 3.77. The molecule has 1 fully saturated rings. The number of halogens is 4. The smallest absolute Gasteiger partial charge is 0.343 e. The first-order chi connectivity index (χ1) is 16.6.